The van der Waals surface area contributed by atoms with Crippen LogP contribution in [-0.4, -0.2) is 31.9 Å². The Kier molecular flexibility index (Phi) is 5.07. The van der Waals surface area contributed by atoms with Gasteiger partial charge >= 0.3 is 0 Å². The Morgan fingerprint density at radius 3 is 2.67 bits per heavy atom. The maximum atomic E-state index is 6.19. The maximum Gasteiger partial charge on any atom is 0.112 e. The molecule has 3 nitrogen and oxygen atoms in total. The third-order valence-electron chi connectivity index (χ3n) is 4.19. The number of ether oxygens (including phenoxy) is 2. The average molecular weight is 253 g/mol. The lowest BCUT2D eigenvalue weighted by Crippen LogP contribution is -2.54. The van der Waals surface area contributed by atoms with Gasteiger partial charge in [0.05, 0.1) is 18.2 Å². The van der Waals surface area contributed by atoms with Crippen molar-refractivity contribution >= 4 is 0 Å². The molecule has 104 valence electrons. The lowest BCUT2D eigenvalue weighted by Gasteiger charge is -2.44. The van der Waals surface area contributed by atoms with Crippen molar-refractivity contribution < 1.29 is 9.47 Å². The van der Waals surface area contributed by atoms with Crippen LogP contribution >= 0.6 is 0 Å². The topological polar surface area (TPSA) is 30.5 Å². The summed E-state index contributed by atoms with van der Waals surface area (Å²) < 4.78 is 12.1. The van der Waals surface area contributed by atoms with Crippen molar-refractivity contribution in [3.63, 3.8) is 0 Å². The van der Waals surface area contributed by atoms with E-state index >= 15 is 0 Å². The molecule has 18 heavy (non-hydrogen) atoms. The van der Waals surface area contributed by atoms with Gasteiger partial charge in [-0.15, -0.1) is 0 Å². The largest absolute Gasteiger partial charge is 0.496 e. The second kappa shape index (κ2) is 6.58. The van der Waals surface area contributed by atoms with E-state index in [0.717, 1.165) is 44.7 Å². The van der Waals surface area contributed by atoms with Crippen molar-refractivity contribution in [1.82, 2.24) is 5.32 Å². The normalized spacial score (nSPS) is 25.1. The molecular formula is C15H27NO2. The first kappa shape index (κ1) is 13.9. The van der Waals surface area contributed by atoms with Gasteiger partial charge in [0, 0.05) is 6.61 Å². The van der Waals surface area contributed by atoms with Crippen LogP contribution in [0.15, 0.2) is 11.8 Å². The van der Waals surface area contributed by atoms with Crippen LogP contribution in [0, 0.1) is 0 Å². The molecule has 1 unspecified atom stereocenters. The van der Waals surface area contributed by atoms with Crippen LogP contribution in [0.25, 0.3) is 0 Å². The van der Waals surface area contributed by atoms with Crippen LogP contribution in [0.5, 0.6) is 0 Å². The van der Waals surface area contributed by atoms with Crippen LogP contribution in [0.3, 0.4) is 0 Å². The molecule has 1 fully saturated rings. The Labute approximate surface area is 111 Å². The first-order valence-corrected chi connectivity index (χ1v) is 7.46. The number of hydrogen-bond donors (Lipinski definition) is 1. The molecule has 1 heterocycles. The van der Waals surface area contributed by atoms with Gasteiger partial charge in [-0.1, -0.05) is 19.3 Å². The Bertz CT molecular complexity index is 277. The highest BCUT2D eigenvalue weighted by Crippen LogP contribution is 2.38. The number of nitrogens with one attached hydrogen (secondary N) is 1. The Morgan fingerprint density at radius 1 is 1.33 bits per heavy atom. The van der Waals surface area contributed by atoms with Crippen LogP contribution in [0.4, 0.5) is 0 Å². The molecule has 0 bridgehead atoms. The summed E-state index contributed by atoms with van der Waals surface area (Å²) >= 11 is 0. The van der Waals surface area contributed by atoms with E-state index in [1.807, 2.05) is 7.05 Å². The minimum absolute atomic E-state index is 0.0507. The van der Waals surface area contributed by atoms with E-state index in [9.17, 15) is 0 Å². The van der Waals surface area contributed by atoms with E-state index in [-0.39, 0.29) is 11.6 Å². The van der Waals surface area contributed by atoms with Gasteiger partial charge in [0.2, 0.25) is 0 Å². The van der Waals surface area contributed by atoms with Crippen molar-refractivity contribution in [3.05, 3.63) is 11.8 Å². The quantitative estimate of drug-likeness (QED) is 0.817. The fourth-order valence-electron chi connectivity index (χ4n) is 3.40. The van der Waals surface area contributed by atoms with E-state index < -0.39 is 0 Å². The summed E-state index contributed by atoms with van der Waals surface area (Å²) in [4.78, 5) is 0. The zero-order valence-electron chi connectivity index (χ0n) is 11.8. The van der Waals surface area contributed by atoms with E-state index in [1.165, 1.54) is 19.3 Å². The van der Waals surface area contributed by atoms with Crippen LogP contribution in [0.2, 0.25) is 0 Å². The molecule has 0 saturated heterocycles. The van der Waals surface area contributed by atoms with Crippen molar-refractivity contribution in [3.8, 4) is 0 Å². The molecule has 1 atom stereocenters. The summed E-state index contributed by atoms with van der Waals surface area (Å²) in [6.07, 6.45) is 10.7. The molecule has 0 radical (unpaired) electrons. The molecule has 0 amide bonds. The zero-order valence-corrected chi connectivity index (χ0v) is 11.8. The third kappa shape index (κ3) is 2.89. The molecule has 1 aliphatic carbocycles. The standard InChI is InChI=1S/C15H27NO2/c1-3-18-15(10-6-4-7-11-15)14(16-2)13-9-5-8-12-17-13/h9,14,16H,3-8,10-12H2,1-2H3. The van der Waals surface area contributed by atoms with Gasteiger partial charge in [-0.25, -0.2) is 0 Å². The molecule has 0 spiro atoms. The highest BCUT2D eigenvalue weighted by atomic mass is 16.5. The Morgan fingerprint density at radius 2 is 2.11 bits per heavy atom. The third-order valence-corrected chi connectivity index (χ3v) is 4.19. The van der Waals surface area contributed by atoms with E-state index in [4.69, 9.17) is 9.47 Å². The fourth-order valence-corrected chi connectivity index (χ4v) is 3.40. The second-order valence-corrected chi connectivity index (χ2v) is 5.38. The van der Waals surface area contributed by atoms with Gasteiger partial charge in [-0.05, 0) is 45.7 Å². The lowest BCUT2D eigenvalue weighted by molar-refractivity contribution is -0.0910. The summed E-state index contributed by atoms with van der Waals surface area (Å²) in [5.74, 6) is 1.11. The summed E-state index contributed by atoms with van der Waals surface area (Å²) in [5, 5.41) is 3.45. The van der Waals surface area contributed by atoms with Gasteiger partial charge in [0.15, 0.2) is 0 Å². The van der Waals surface area contributed by atoms with Crippen molar-refractivity contribution in [1.29, 1.82) is 0 Å². The molecule has 2 aliphatic rings. The van der Waals surface area contributed by atoms with Gasteiger partial charge < -0.3 is 14.8 Å². The van der Waals surface area contributed by atoms with Crippen LogP contribution in [-0.2, 0) is 9.47 Å². The molecule has 1 saturated carbocycles. The van der Waals surface area contributed by atoms with Crippen molar-refractivity contribution in [2.75, 3.05) is 20.3 Å². The Balaban J connectivity index is 2.17. The number of allylic oxidation sites excluding steroid dienone is 1. The van der Waals surface area contributed by atoms with E-state index in [0.29, 0.717) is 0 Å². The molecule has 1 aliphatic heterocycles. The molecular weight excluding hydrogens is 226 g/mol. The highest BCUT2D eigenvalue weighted by Gasteiger charge is 2.42. The molecule has 3 heteroatoms. The summed E-state index contributed by atoms with van der Waals surface area (Å²) in [7, 11) is 2.03. The number of likely N-dealkylation sites (N-methyl/N-ethyl adjacent to an activating group) is 1. The SMILES string of the molecule is CCOC1(C(NC)C2=CCCCO2)CCCCC1. The molecule has 2 rings (SSSR count). The minimum Gasteiger partial charge on any atom is -0.496 e. The van der Waals surface area contributed by atoms with Crippen LogP contribution < -0.4 is 5.32 Å². The first-order chi connectivity index (χ1) is 8.82. The Hall–Kier alpha value is -0.540. The zero-order chi connectivity index (χ0) is 12.8. The lowest BCUT2D eigenvalue weighted by atomic mass is 9.78. The molecule has 0 aromatic heterocycles. The number of rotatable bonds is 5. The second-order valence-electron chi connectivity index (χ2n) is 5.38. The highest BCUT2D eigenvalue weighted by molar-refractivity contribution is 5.14. The maximum absolute atomic E-state index is 6.19. The fraction of sp³-hybridized carbons (Fsp3) is 0.867. The van der Waals surface area contributed by atoms with Gasteiger partial charge in [0.25, 0.3) is 0 Å². The predicted molar refractivity (Wildman–Crippen MR) is 73.6 cm³/mol. The monoisotopic (exact) mass is 253 g/mol. The minimum atomic E-state index is -0.0507. The van der Waals surface area contributed by atoms with E-state index in [2.05, 4.69) is 18.3 Å². The molecule has 0 aromatic rings. The first-order valence-electron chi connectivity index (χ1n) is 7.46. The summed E-state index contributed by atoms with van der Waals surface area (Å²) in [6, 6.07) is 0.220. The molecule has 1 N–H and O–H groups in total. The summed E-state index contributed by atoms with van der Waals surface area (Å²) in [5.41, 5.74) is -0.0507. The van der Waals surface area contributed by atoms with Crippen molar-refractivity contribution in [2.45, 2.75) is 63.5 Å². The summed E-state index contributed by atoms with van der Waals surface area (Å²) in [6.45, 7) is 3.73. The average Bonchev–Trinajstić information content (AvgIpc) is 2.42. The molecule has 0 aromatic carbocycles. The smallest absolute Gasteiger partial charge is 0.112 e. The van der Waals surface area contributed by atoms with Gasteiger partial charge in [-0.2, -0.15) is 0 Å². The van der Waals surface area contributed by atoms with Crippen LogP contribution in [0.1, 0.15) is 51.9 Å². The van der Waals surface area contributed by atoms with E-state index in [1.54, 1.807) is 0 Å². The van der Waals surface area contributed by atoms with Crippen molar-refractivity contribution in [2.24, 2.45) is 0 Å². The number of hydrogen-bond acceptors (Lipinski definition) is 3. The van der Waals surface area contributed by atoms with Gasteiger partial charge in [-0.3, -0.25) is 0 Å². The van der Waals surface area contributed by atoms with Gasteiger partial charge in [0.1, 0.15) is 5.76 Å². The predicted octanol–water partition coefficient (Wildman–Crippen LogP) is 3.01.